The third-order valence-corrected chi connectivity index (χ3v) is 4.67. The van der Waals surface area contributed by atoms with E-state index < -0.39 is 24.0 Å². The van der Waals surface area contributed by atoms with Gasteiger partial charge in [-0.1, -0.05) is 43.7 Å². The van der Waals surface area contributed by atoms with Crippen molar-refractivity contribution in [1.29, 1.82) is 0 Å². The Hall–Kier alpha value is -1.82. The van der Waals surface area contributed by atoms with E-state index in [-0.39, 0.29) is 5.56 Å². The van der Waals surface area contributed by atoms with E-state index in [1.807, 2.05) is 12.1 Å². The zero-order valence-corrected chi connectivity index (χ0v) is 15.1. The Morgan fingerprint density at radius 2 is 1.65 bits per heavy atom. The molecule has 0 spiro atoms. The van der Waals surface area contributed by atoms with Gasteiger partial charge in [-0.3, -0.25) is 0 Å². The quantitative estimate of drug-likeness (QED) is 0.710. The van der Waals surface area contributed by atoms with Gasteiger partial charge in [-0.25, -0.2) is 8.78 Å². The lowest BCUT2D eigenvalue weighted by molar-refractivity contribution is -0.206. The second-order valence-electron chi connectivity index (χ2n) is 6.57. The first kappa shape index (κ1) is 19.0. The maximum Gasteiger partial charge on any atom is 0.183 e. The van der Waals surface area contributed by atoms with E-state index in [1.54, 1.807) is 12.1 Å². The summed E-state index contributed by atoms with van der Waals surface area (Å²) in [6, 6.07) is 11.1. The highest BCUT2D eigenvalue weighted by Gasteiger charge is 2.25. The van der Waals surface area contributed by atoms with E-state index in [2.05, 4.69) is 6.92 Å². The molecule has 0 saturated carbocycles. The van der Waals surface area contributed by atoms with E-state index in [1.165, 1.54) is 25.3 Å². The van der Waals surface area contributed by atoms with Crippen molar-refractivity contribution in [2.75, 3.05) is 20.3 Å². The van der Waals surface area contributed by atoms with Gasteiger partial charge in [0.15, 0.2) is 6.29 Å². The maximum absolute atomic E-state index is 14.1. The minimum Gasteiger partial charge on any atom is -0.372 e. The number of benzene rings is 2. The highest BCUT2D eigenvalue weighted by Crippen LogP contribution is 2.32. The Kier molecular flexibility index (Phi) is 6.35. The number of rotatable bonds is 6. The first-order chi connectivity index (χ1) is 12.6. The average Bonchev–Trinajstić information content (AvgIpc) is 2.66. The molecule has 0 aromatic heterocycles. The van der Waals surface area contributed by atoms with Crippen LogP contribution in [0.4, 0.5) is 8.78 Å². The molecule has 0 radical (unpaired) electrons. The third-order valence-electron chi connectivity index (χ3n) is 4.67. The predicted octanol–water partition coefficient (Wildman–Crippen LogP) is 5.16. The molecule has 1 fully saturated rings. The van der Waals surface area contributed by atoms with Crippen LogP contribution in [0.15, 0.2) is 42.5 Å². The van der Waals surface area contributed by atoms with Crippen LogP contribution in [-0.2, 0) is 14.2 Å². The first-order valence-electron chi connectivity index (χ1n) is 8.93. The monoisotopic (exact) mass is 362 g/mol. The third kappa shape index (κ3) is 4.11. The molecular formula is C21H24F2O3. The highest BCUT2D eigenvalue weighted by molar-refractivity contribution is 5.34. The smallest absolute Gasteiger partial charge is 0.183 e. The number of methoxy groups -OCH3 is 1. The molecule has 26 heavy (non-hydrogen) atoms. The summed E-state index contributed by atoms with van der Waals surface area (Å²) in [5, 5.41) is 0. The Morgan fingerprint density at radius 1 is 1.04 bits per heavy atom. The van der Waals surface area contributed by atoms with Crippen LogP contribution in [0.25, 0.3) is 0 Å². The minimum atomic E-state index is -0.813. The van der Waals surface area contributed by atoms with Gasteiger partial charge < -0.3 is 14.2 Å². The Bertz CT molecular complexity index is 689. The Balaban J connectivity index is 1.74. The topological polar surface area (TPSA) is 27.7 Å². The summed E-state index contributed by atoms with van der Waals surface area (Å²) in [4.78, 5) is 0. The second-order valence-corrected chi connectivity index (χ2v) is 6.57. The molecule has 1 unspecified atom stereocenters. The largest absolute Gasteiger partial charge is 0.372 e. The van der Waals surface area contributed by atoms with Gasteiger partial charge >= 0.3 is 0 Å². The van der Waals surface area contributed by atoms with Gasteiger partial charge in [-0.2, -0.15) is 0 Å². The zero-order chi connectivity index (χ0) is 18.5. The summed E-state index contributed by atoms with van der Waals surface area (Å²) in [5.41, 5.74) is 1.46. The van der Waals surface area contributed by atoms with Gasteiger partial charge in [-0.15, -0.1) is 0 Å². The fourth-order valence-corrected chi connectivity index (χ4v) is 3.32. The van der Waals surface area contributed by atoms with Gasteiger partial charge in [0, 0.05) is 18.6 Å². The molecule has 3 nitrogen and oxygen atoms in total. The SMILES string of the molecule is CCCC1COC(c2ccc(C(OC)c3c(F)cccc3F)cc2)OC1. The molecule has 2 aromatic rings. The molecule has 3 rings (SSSR count). The molecule has 2 aromatic carbocycles. The summed E-state index contributed by atoms with van der Waals surface area (Å²) in [6.07, 6.45) is 0.993. The normalized spacial score (nSPS) is 21.5. The van der Waals surface area contributed by atoms with Crippen LogP contribution in [0, 0.1) is 17.6 Å². The standard InChI is InChI=1S/C21H24F2O3/c1-3-5-14-12-25-21(26-13-14)16-10-8-15(9-11-16)20(24-2)19-17(22)6-4-7-18(19)23/h4,6-11,14,20-21H,3,5,12-13H2,1-2H3. The molecule has 140 valence electrons. The van der Waals surface area contributed by atoms with Crippen molar-refractivity contribution in [3.05, 3.63) is 70.8 Å². The van der Waals surface area contributed by atoms with Gasteiger partial charge in [-0.05, 0) is 24.1 Å². The Morgan fingerprint density at radius 3 is 2.19 bits per heavy atom. The summed E-state index contributed by atoms with van der Waals surface area (Å²) in [7, 11) is 1.44. The second kappa shape index (κ2) is 8.71. The lowest BCUT2D eigenvalue weighted by Gasteiger charge is -2.29. The molecule has 0 aliphatic carbocycles. The average molecular weight is 362 g/mol. The van der Waals surface area contributed by atoms with Crippen LogP contribution in [-0.4, -0.2) is 20.3 Å². The number of hydrogen-bond donors (Lipinski definition) is 0. The van der Waals surface area contributed by atoms with Crippen LogP contribution in [0.5, 0.6) is 0 Å². The predicted molar refractivity (Wildman–Crippen MR) is 94.7 cm³/mol. The molecular weight excluding hydrogens is 338 g/mol. The van der Waals surface area contributed by atoms with Crippen molar-refractivity contribution in [1.82, 2.24) is 0 Å². The van der Waals surface area contributed by atoms with E-state index in [0.717, 1.165) is 18.4 Å². The van der Waals surface area contributed by atoms with Crippen LogP contribution in [0.2, 0.25) is 0 Å². The van der Waals surface area contributed by atoms with E-state index in [0.29, 0.717) is 24.7 Å². The van der Waals surface area contributed by atoms with Crippen molar-refractivity contribution >= 4 is 0 Å². The van der Waals surface area contributed by atoms with Gasteiger partial charge in [0.05, 0.1) is 18.8 Å². The fraction of sp³-hybridized carbons (Fsp3) is 0.429. The molecule has 0 N–H and O–H groups in total. The molecule has 1 heterocycles. The molecule has 1 aliphatic rings. The molecule has 1 atom stereocenters. The van der Waals surface area contributed by atoms with Gasteiger partial charge in [0.1, 0.15) is 17.7 Å². The number of halogens is 2. The first-order valence-corrected chi connectivity index (χ1v) is 8.93. The van der Waals surface area contributed by atoms with Crippen molar-refractivity contribution in [2.45, 2.75) is 32.2 Å². The summed E-state index contributed by atoms with van der Waals surface area (Å²) in [5.74, 6) is -0.805. The van der Waals surface area contributed by atoms with Gasteiger partial charge in [0.25, 0.3) is 0 Å². The molecule has 0 amide bonds. The van der Waals surface area contributed by atoms with Crippen molar-refractivity contribution in [2.24, 2.45) is 5.92 Å². The molecule has 1 aliphatic heterocycles. The highest BCUT2D eigenvalue weighted by atomic mass is 19.1. The molecule has 5 heteroatoms. The van der Waals surface area contributed by atoms with Crippen molar-refractivity contribution in [3.63, 3.8) is 0 Å². The molecule has 0 bridgehead atoms. The molecule has 1 saturated heterocycles. The van der Waals surface area contributed by atoms with Gasteiger partial charge in [0.2, 0.25) is 0 Å². The van der Waals surface area contributed by atoms with Crippen LogP contribution < -0.4 is 0 Å². The lowest BCUT2D eigenvalue weighted by atomic mass is 9.98. The summed E-state index contributed by atoms with van der Waals surface area (Å²) in [6.45, 7) is 3.51. The van der Waals surface area contributed by atoms with Crippen LogP contribution in [0.1, 0.15) is 48.8 Å². The summed E-state index contributed by atoms with van der Waals surface area (Å²) < 4.78 is 45.1. The fourth-order valence-electron chi connectivity index (χ4n) is 3.32. The summed E-state index contributed by atoms with van der Waals surface area (Å²) >= 11 is 0. The van der Waals surface area contributed by atoms with E-state index in [4.69, 9.17) is 14.2 Å². The van der Waals surface area contributed by atoms with E-state index >= 15 is 0 Å². The van der Waals surface area contributed by atoms with E-state index in [9.17, 15) is 8.78 Å². The number of hydrogen-bond acceptors (Lipinski definition) is 3. The van der Waals surface area contributed by atoms with Crippen LogP contribution >= 0.6 is 0 Å². The Labute approximate surface area is 152 Å². The number of ether oxygens (including phenoxy) is 3. The van der Waals surface area contributed by atoms with Crippen LogP contribution in [0.3, 0.4) is 0 Å². The zero-order valence-electron chi connectivity index (χ0n) is 15.1. The lowest BCUT2D eigenvalue weighted by Crippen LogP contribution is -2.27. The van der Waals surface area contributed by atoms with Crippen molar-refractivity contribution < 1.29 is 23.0 Å². The van der Waals surface area contributed by atoms with Crippen molar-refractivity contribution in [3.8, 4) is 0 Å². The maximum atomic E-state index is 14.1. The minimum absolute atomic E-state index is 0.0877.